The molecule has 0 aromatic carbocycles. The topological polar surface area (TPSA) is 29.5 Å². The lowest BCUT2D eigenvalue weighted by Crippen LogP contribution is -2.27. The molecule has 1 unspecified atom stereocenters. The molecule has 1 aliphatic heterocycles. The molecule has 0 spiro atoms. The third-order valence-electron chi connectivity index (χ3n) is 4.49. The summed E-state index contributed by atoms with van der Waals surface area (Å²) >= 11 is 0. The van der Waals surface area contributed by atoms with Gasteiger partial charge in [-0.25, -0.2) is 4.44 Å². The van der Waals surface area contributed by atoms with Gasteiger partial charge in [-0.3, -0.25) is 0 Å². The van der Waals surface area contributed by atoms with Crippen LogP contribution in [0, 0.1) is 0 Å². The van der Waals surface area contributed by atoms with Crippen molar-refractivity contribution in [3.8, 4) is 0 Å². The molecule has 2 aromatic heterocycles. The van der Waals surface area contributed by atoms with E-state index < -0.39 is 8.07 Å². The molecule has 1 fully saturated rings. The average molecular weight is 351 g/mol. The molecule has 0 N–H and O–H groups in total. The van der Waals surface area contributed by atoms with Crippen LogP contribution in [-0.4, -0.2) is 22.8 Å². The largest absolute Gasteiger partial charge is 0.463 e. The predicted octanol–water partition coefficient (Wildman–Crippen LogP) is 5.29. The van der Waals surface area contributed by atoms with Crippen LogP contribution in [-0.2, 0) is 0 Å². The van der Waals surface area contributed by atoms with E-state index in [1.54, 1.807) is 12.5 Å². The predicted molar refractivity (Wildman–Crippen MR) is 100 cm³/mol. The summed E-state index contributed by atoms with van der Waals surface area (Å²) in [5.74, 6) is 0. The SMILES string of the molecule is CCCCN(P(c1ccco1)c1ccco1)P1CCC[C@H]1CC. The van der Waals surface area contributed by atoms with Crippen molar-refractivity contribution in [1.82, 2.24) is 4.44 Å². The second kappa shape index (κ2) is 8.47. The number of unbranched alkanes of at least 4 members (excludes halogenated alkanes) is 1. The molecule has 0 aliphatic carbocycles. The zero-order chi connectivity index (χ0) is 16.1. The molecule has 3 nitrogen and oxygen atoms in total. The van der Waals surface area contributed by atoms with Crippen LogP contribution in [0.25, 0.3) is 0 Å². The maximum Gasteiger partial charge on any atom is 0.148 e. The molecule has 0 bridgehead atoms. The molecular weight excluding hydrogens is 324 g/mol. The quantitative estimate of drug-likeness (QED) is 0.605. The van der Waals surface area contributed by atoms with Crippen molar-refractivity contribution in [1.29, 1.82) is 0 Å². The first-order valence-electron chi connectivity index (χ1n) is 8.76. The number of rotatable bonds is 8. The van der Waals surface area contributed by atoms with E-state index >= 15 is 0 Å². The van der Waals surface area contributed by atoms with E-state index in [1.807, 2.05) is 12.1 Å². The van der Waals surface area contributed by atoms with Crippen molar-refractivity contribution in [2.24, 2.45) is 0 Å². The van der Waals surface area contributed by atoms with Gasteiger partial charge < -0.3 is 8.83 Å². The van der Waals surface area contributed by atoms with Gasteiger partial charge in [0.1, 0.15) is 19.1 Å². The Hall–Kier alpha value is -0.620. The van der Waals surface area contributed by atoms with Crippen LogP contribution in [0.1, 0.15) is 46.0 Å². The van der Waals surface area contributed by atoms with Crippen LogP contribution in [0.3, 0.4) is 0 Å². The number of hydrogen-bond donors (Lipinski definition) is 0. The molecule has 3 heterocycles. The maximum atomic E-state index is 5.85. The van der Waals surface area contributed by atoms with Gasteiger partial charge in [0.25, 0.3) is 0 Å². The zero-order valence-electron chi connectivity index (χ0n) is 14.1. The summed E-state index contributed by atoms with van der Waals surface area (Å²) in [6.45, 7) is 5.79. The Kier molecular flexibility index (Phi) is 6.34. The number of hydrogen-bond acceptors (Lipinski definition) is 3. The van der Waals surface area contributed by atoms with Crippen LogP contribution in [0.4, 0.5) is 0 Å². The first-order chi connectivity index (χ1) is 11.3. The second-order valence-electron chi connectivity index (χ2n) is 6.03. The van der Waals surface area contributed by atoms with Crippen molar-refractivity contribution >= 4 is 27.1 Å². The molecule has 2 atom stereocenters. The Bertz CT molecular complexity index is 521. The highest BCUT2D eigenvalue weighted by molar-refractivity contribution is 7.79. The summed E-state index contributed by atoms with van der Waals surface area (Å²) in [6.07, 6.45) is 11.5. The Morgan fingerprint density at radius 1 is 1.17 bits per heavy atom. The van der Waals surface area contributed by atoms with Crippen molar-refractivity contribution < 1.29 is 8.83 Å². The summed E-state index contributed by atoms with van der Waals surface area (Å²) in [5.41, 5.74) is 3.03. The van der Waals surface area contributed by atoms with Gasteiger partial charge in [-0.15, -0.1) is 0 Å². The molecule has 1 saturated heterocycles. The third kappa shape index (κ3) is 3.90. The fraction of sp³-hybridized carbons (Fsp3) is 0.556. The van der Waals surface area contributed by atoms with E-state index in [-0.39, 0.29) is 8.07 Å². The Balaban J connectivity index is 1.94. The van der Waals surface area contributed by atoms with Gasteiger partial charge in [0.15, 0.2) is 0 Å². The average Bonchev–Trinajstić information content (AvgIpc) is 3.33. The lowest BCUT2D eigenvalue weighted by molar-refractivity contribution is 0.573. The lowest BCUT2D eigenvalue weighted by Gasteiger charge is -2.37. The fourth-order valence-electron chi connectivity index (χ4n) is 3.30. The number of nitrogens with zero attached hydrogens (tertiary/aromatic N) is 1. The van der Waals surface area contributed by atoms with E-state index in [4.69, 9.17) is 8.83 Å². The molecule has 0 radical (unpaired) electrons. The lowest BCUT2D eigenvalue weighted by atomic mass is 10.2. The van der Waals surface area contributed by atoms with Crippen molar-refractivity contribution in [2.45, 2.75) is 51.6 Å². The molecule has 1 aliphatic rings. The standard InChI is InChI=1S/C18H27NO2P2/c1-3-5-12-19(22-15-8-9-16(22)4-2)23(17-10-6-13-20-17)18-11-7-14-21-18/h6-7,10-11,13-14,16H,3-5,8-9,12,15H2,1-2H3/t16-,22?/m1/s1. The minimum absolute atomic E-state index is 0.0904. The molecule has 3 rings (SSSR count). The molecule has 0 amide bonds. The molecule has 126 valence electrons. The third-order valence-corrected chi connectivity index (χ3v) is 10.8. The van der Waals surface area contributed by atoms with E-state index in [0.717, 1.165) is 23.2 Å². The van der Waals surface area contributed by atoms with Gasteiger partial charge in [-0.2, -0.15) is 0 Å². The minimum atomic E-state index is -0.666. The van der Waals surface area contributed by atoms with E-state index in [1.165, 1.54) is 38.3 Å². The van der Waals surface area contributed by atoms with Crippen molar-refractivity contribution in [3.63, 3.8) is 0 Å². The van der Waals surface area contributed by atoms with Crippen LogP contribution >= 0.6 is 16.1 Å². The highest BCUT2D eigenvalue weighted by Gasteiger charge is 2.37. The fourth-order valence-corrected chi connectivity index (χ4v) is 10.0. The minimum Gasteiger partial charge on any atom is -0.463 e. The summed E-state index contributed by atoms with van der Waals surface area (Å²) in [5, 5.41) is 0. The highest BCUT2D eigenvalue weighted by Crippen LogP contribution is 2.62. The van der Waals surface area contributed by atoms with Crippen LogP contribution < -0.4 is 11.0 Å². The van der Waals surface area contributed by atoms with Crippen LogP contribution in [0.5, 0.6) is 0 Å². The smallest absolute Gasteiger partial charge is 0.148 e. The van der Waals surface area contributed by atoms with Gasteiger partial charge in [0.2, 0.25) is 0 Å². The summed E-state index contributed by atoms with van der Waals surface area (Å²) in [6, 6.07) is 8.26. The molecule has 23 heavy (non-hydrogen) atoms. The van der Waals surface area contributed by atoms with Gasteiger partial charge in [-0.1, -0.05) is 20.3 Å². The summed E-state index contributed by atoms with van der Waals surface area (Å²) < 4.78 is 14.5. The second-order valence-corrected chi connectivity index (χ2v) is 10.9. The first-order valence-corrected chi connectivity index (χ1v) is 11.6. The number of furan rings is 2. The van der Waals surface area contributed by atoms with Crippen molar-refractivity contribution in [3.05, 3.63) is 36.8 Å². The summed E-state index contributed by atoms with van der Waals surface area (Å²) in [4.78, 5) is 0. The monoisotopic (exact) mass is 351 g/mol. The van der Waals surface area contributed by atoms with Crippen LogP contribution in [0.15, 0.2) is 45.6 Å². The Morgan fingerprint density at radius 2 is 1.87 bits per heavy atom. The van der Waals surface area contributed by atoms with E-state index in [2.05, 4.69) is 30.4 Å². The Labute approximate surface area is 142 Å². The molecule has 5 heteroatoms. The maximum absolute atomic E-state index is 5.85. The van der Waals surface area contributed by atoms with Gasteiger partial charge in [0, 0.05) is 6.54 Å². The normalized spacial score (nSPS) is 21.6. The molecular formula is C18H27NO2P2. The highest BCUT2D eigenvalue weighted by atomic mass is 31.2. The first kappa shape index (κ1) is 17.2. The van der Waals surface area contributed by atoms with Crippen LogP contribution in [0.2, 0.25) is 0 Å². The van der Waals surface area contributed by atoms with Gasteiger partial charge in [0.05, 0.1) is 12.5 Å². The van der Waals surface area contributed by atoms with E-state index in [0.29, 0.717) is 0 Å². The van der Waals surface area contributed by atoms with Gasteiger partial charge in [-0.05, 0) is 69.8 Å². The Morgan fingerprint density at radius 3 is 2.39 bits per heavy atom. The molecule has 2 aromatic rings. The van der Waals surface area contributed by atoms with Crippen molar-refractivity contribution in [2.75, 3.05) is 12.7 Å². The summed E-state index contributed by atoms with van der Waals surface area (Å²) in [7, 11) is -0.757. The van der Waals surface area contributed by atoms with Gasteiger partial charge >= 0.3 is 0 Å². The van der Waals surface area contributed by atoms with E-state index in [9.17, 15) is 0 Å². The zero-order valence-corrected chi connectivity index (χ0v) is 15.9. The molecule has 0 saturated carbocycles.